The maximum Gasteiger partial charge on any atom is 0.328 e. The number of hydrogen-bond donors (Lipinski definition) is 1. The quantitative estimate of drug-likeness (QED) is 0.347. The predicted octanol–water partition coefficient (Wildman–Crippen LogP) is 6.77. The van der Waals surface area contributed by atoms with Gasteiger partial charge in [-0.25, -0.2) is 9.18 Å². The van der Waals surface area contributed by atoms with E-state index in [9.17, 15) is 9.59 Å². The van der Waals surface area contributed by atoms with Crippen LogP contribution in [0.1, 0.15) is 43.2 Å². The Hall–Kier alpha value is -3.93. The van der Waals surface area contributed by atoms with E-state index in [1.165, 1.54) is 12.1 Å². The molecule has 0 heterocycles. The van der Waals surface area contributed by atoms with E-state index >= 15 is 4.39 Å². The molecule has 1 fully saturated rings. The predicted molar refractivity (Wildman–Crippen MR) is 147 cm³/mol. The largest absolute Gasteiger partial charge is 0.478 e. The van der Waals surface area contributed by atoms with Gasteiger partial charge < -0.3 is 14.9 Å². The molecule has 1 saturated carbocycles. The fourth-order valence-corrected chi connectivity index (χ4v) is 4.84. The van der Waals surface area contributed by atoms with Crippen LogP contribution in [0.15, 0.2) is 72.8 Å². The number of amides is 1. The molecule has 3 aromatic rings. The standard InChI is InChI=1S/C31H33FN2O3/c1-33(2)26-15-13-24(14-16-26)28-17-11-23(20-29(28)32)21-34(31(37)25-8-4-3-5-9-25)27-10-6-7-22(19-27)12-18-30(35)36/h6-7,10-20,25H,3-5,8-9,21H2,1-2H3,(H,35,36). The van der Waals surface area contributed by atoms with Crippen LogP contribution in [0.4, 0.5) is 15.8 Å². The molecule has 0 saturated heterocycles. The van der Waals surface area contributed by atoms with Gasteiger partial charge in [0.05, 0.1) is 6.54 Å². The highest BCUT2D eigenvalue weighted by molar-refractivity contribution is 5.95. The van der Waals surface area contributed by atoms with Gasteiger partial charge in [0.15, 0.2) is 0 Å². The minimum absolute atomic E-state index is 0.0304. The van der Waals surface area contributed by atoms with Gasteiger partial charge in [0.1, 0.15) is 5.82 Å². The van der Waals surface area contributed by atoms with Crippen LogP contribution < -0.4 is 9.80 Å². The molecule has 5 nitrogen and oxygen atoms in total. The van der Waals surface area contributed by atoms with E-state index < -0.39 is 5.97 Å². The summed E-state index contributed by atoms with van der Waals surface area (Å²) < 4.78 is 15.3. The zero-order chi connectivity index (χ0) is 26.4. The molecule has 1 N–H and O–H groups in total. The first-order valence-corrected chi connectivity index (χ1v) is 12.7. The Bertz CT molecular complexity index is 1280. The fourth-order valence-electron chi connectivity index (χ4n) is 4.84. The van der Waals surface area contributed by atoms with Gasteiger partial charge in [-0.05, 0) is 65.9 Å². The molecule has 1 amide bonds. The van der Waals surface area contributed by atoms with E-state index in [0.717, 1.165) is 49.4 Å². The highest BCUT2D eigenvalue weighted by atomic mass is 19.1. The van der Waals surface area contributed by atoms with Crippen molar-refractivity contribution >= 4 is 29.3 Å². The molecule has 0 radical (unpaired) electrons. The summed E-state index contributed by atoms with van der Waals surface area (Å²) in [5, 5.41) is 8.99. The topological polar surface area (TPSA) is 60.9 Å². The summed E-state index contributed by atoms with van der Waals surface area (Å²) in [6.07, 6.45) is 7.48. The molecule has 6 heteroatoms. The summed E-state index contributed by atoms with van der Waals surface area (Å²) in [7, 11) is 3.92. The van der Waals surface area contributed by atoms with E-state index in [1.54, 1.807) is 29.2 Å². The minimum atomic E-state index is -1.03. The lowest BCUT2D eigenvalue weighted by Crippen LogP contribution is -2.36. The second-order valence-corrected chi connectivity index (χ2v) is 9.78. The second kappa shape index (κ2) is 11.9. The first-order valence-electron chi connectivity index (χ1n) is 12.7. The van der Waals surface area contributed by atoms with Crippen molar-refractivity contribution < 1.29 is 19.1 Å². The lowest BCUT2D eigenvalue weighted by atomic mass is 9.88. The smallest absolute Gasteiger partial charge is 0.328 e. The fraction of sp³-hybridized carbons (Fsp3) is 0.290. The number of rotatable bonds is 8. The van der Waals surface area contributed by atoms with Gasteiger partial charge in [-0.3, -0.25) is 4.79 Å². The van der Waals surface area contributed by atoms with Crippen LogP contribution in [0.5, 0.6) is 0 Å². The van der Waals surface area contributed by atoms with Gasteiger partial charge in [0.2, 0.25) is 5.91 Å². The molecule has 3 aromatic carbocycles. The van der Waals surface area contributed by atoms with Gasteiger partial charge in [0, 0.05) is 43.0 Å². The number of carboxylic acids is 1. The zero-order valence-electron chi connectivity index (χ0n) is 21.4. The highest BCUT2D eigenvalue weighted by Gasteiger charge is 2.27. The average Bonchev–Trinajstić information content (AvgIpc) is 2.91. The molecule has 4 rings (SSSR count). The number of carboxylic acid groups (broad SMARTS) is 1. The molecule has 0 unspecified atom stereocenters. The first-order chi connectivity index (χ1) is 17.8. The molecular weight excluding hydrogens is 467 g/mol. The molecule has 0 aromatic heterocycles. The Labute approximate surface area is 217 Å². The lowest BCUT2D eigenvalue weighted by molar-refractivity contribution is -0.131. The van der Waals surface area contributed by atoms with Crippen LogP contribution in [0.25, 0.3) is 17.2 Å². The number of anilines is 2. The number of carbonyl (C=O) groups excluding carboxylic acids is 1. The third kappa shape index (κ3) is 6.64. The normalized spacial score (nSPS) is 14.0. The summed E-state index contributed by atoms with van der Waals surface area (Å²) in [6, 6.07) is 20.1. The Kier molecular flexibility index (Phi) is 8.39. The van der Waals surface area contributed by atoms with Crippen LogP contribution in [0, 0.1) is 11.7 Å². The number of nitrogens with zero attached hydrogens (tertiary/aromatic N) is 2. The SMILES string of the molecule is CN(C)c1ccc(-c2ccc(CN(C(=O)C3CCCCC3)c3cccc(C=CC(=O)O)c3)cc2F)cc1. The van der Waals surface area contributed by atoms with Crippen LogP contribution in [-0.2, 0) is 16.1 Å². The summed E-state index contributed by atoms with van der Waals surface area (Å²) in [5.41, 5.74) is 4.40. The van der Waals surface area contributed by atoms with Gasteiger partial charge in [0.25, 0.3) is 0 Å². The first kappa shape index (κ1) is 26.1. The molecule has 0 aliphatic heterocycles. The summed E-state index contributed by atoms with van der Waals surface area (Å²) in [5.74, 6) is -1.40. The molecule has 37 heavy (non-hydrogen) atoms. The summed E-state index contributed by atoms with van der Waals surface area (Å²) in [4.78, 5) is 28.3. The van der Waals surface area contributed by atoms with Crippen LogP contribution in [-0.4, -0.2) is 31.1 Å². The van der Waals surface area contributed by atoms with Crippen LogP contribution in [0.2, 0.25) is 0 Å². The monoisotopic (exact) mass is 500 g/mol. The minimum Gasteiger partial charge on any atom is -0.478 e. The Morgan fingerprint density at radius 2 is 1.68 bits per heavy atom. The van der Waals surface area contributed by atoms with E-state index in [-0.39, 0.29) is 24.2 Å². The van der Waals surface area contributed by atoms with Crippen molar-refractivity contribution in [2.45, 2.75) is 38.6 Å². The number of hydrogen-bond acceptors (Lipinski definition) is 3. The number of halogens is 1. The molecule has 0 atom stereocenters. The molecule has 1 aliphatic carbocycles. The zero-order valence-corrected chi connectivity index (χ0v) is 21.4. The Morgan fingerprint density at radius 3 is 2.32 bits per heavy atom. The molecule has 1 aliphatic rings. The van der Waals surface area contributed by atoms with Crippen molar-refractivity contribution in [1.29, 1.82) is 0 Å². The van der Waals surface area contributed by atoms with Gasteiger partial charge in [-0.2, -0.15) is 0 Å². The summed E-state index contributed by atoms with van der Waals surface area (Å²) in [6.45, 7) is 0.234. The third-order valence-electron chi connectivity index (χ3n) is 6.89. The highest BCUT2D eigenvalue weighted by Crippen LogP contribution is 2.31. The van der Waals surface area contributed by atoms with Crippen molar-refractivity contribution in [3.63, 3.8) is 0 Å². The molecule has 0 bridgehead atoms. The maximum atomic E-state index is 15.3. The van der Waals surface area contributed by atoms with Crippen molar-refractivity contribution in [3.8, 4) is 11.1 Å². The Morgan fingerprint density at radius 1 is 0.946 bits per heavy atom. The lowest BCUT2D eigenvalue weighted by Gasteiger charge is -2.30. The second-order valence-electron chi connectivity index (χ2n) is 9.78. The van der Waals surface area contributed by atoms with Gasteiger partial charge in [-0.1, -0.05) is 55.7 Å². The van der Waals surface area contributed by atoms with E-state index in [2.05, 4.69) is 0 Å². The van der Waals surface area contributed by atoms with Crippen molar-refractivity contribution in [3.05, 3.63) is 89.8 Å². The third-order valence-corrected chi connectivity index (χ3v) is 6.89. The van der Waals surface area contributed by atoms with E-state index in [1.807, 2.05) is 55.4 Å². The number of carbonyl (C=O) groups is 2. The van der Waals surface area contributed by atoms with Gasteiger partial charge >= 0.3 is 5.97 Å². The van der Waals surface area contributed by atoms with E-state index in [0.29, 0.717) is 22.4 Å². The molecular formula is C31H33FN2O3. The number of benzene rings is 3. The summed E-state index contributed by atoms with van der Waals surface area (Å²) >= 11 is 0. The van der Waals surface area contributed by atoms with Crippen molar-refractivity contribution in [2.75, 3.05) is 23.9 Å². The van der Waals surface area contributed by atoms with Crippen LogP contribution >= 0.6 is 0 Å². The van der Waals surface area contributed by atoms with Crippen LogP contribution in [0.3, 0.4) is 0 Å². The van der Waals surface area contributed by atoms with Gasteiger partial charge in [-0.15, -0.1) is 0 Å². The Balaban J connectivity index is 1.63. The number of aliphatic carboxylic acids is 1. The van der Waals surface area contributed by atoms with Crippen molar-refractivity contribution in [2.24, 2.45) is 5.92 Å². The van der Waals surface area contributed by atoms with Crippen molar-refractivity contribution in [1.82, 2.24) is 0 Å². The van der Waals surface area contributed by atoms with E-state index in [4.69, 9.17) is 5.11 Å². The maximum absolute atomic E-state index is 15.3. The molecule has 0 spiro atoms. The molecule has 192 valence electrons. The average molecular weight is 501 g/mol.